The molecule has 2 heterocycles. The Morgan fingerprint density at radius 1 is 1.36 bits per heavy atom. The van der Waals surface area contributed by atoms with Crippen molar-refractivity contribution < 1.29 is 4.74 Å². The molecule has 2 fully saturated rings. The van der Waals surface area contributed by atoms with E-state index in [2.05, 4.69) is 17.1 Å². The zero-order valence-corrected chi connectivity index (χ0v) is 9.17. The van der Waals surface area contributed by atoms with Gasteiger partial charge in [-0.3, -0.25) is 4.90 Å². The highest BCUT2D eigenvalue weighted by Gasteiger charge is 2.28. The number of morpholine rings is 1. The van der Waals surface area contributed by atoms with E-state index in [4.69, 9.17) is 4.74 Å². The largest absolute Gasteiger partial charge is 0.375 e. The number of hydrogen-bond donors (Lipinski definition) is 1. The van der Waals surface area contributed by atoms with Crippen LogP contribution in [-0.2, 0) is 4.74 Å². The first-order valence-electron chi connectivity index (χ1n) is 5.95. The van der Waals surface area contributed by atoms with E-state index in [1.54, 1.807) is 0 Å². The normalized spacial score (nSPS) is 31.9. The smallest absolute Gasteiger partial charge is 0.0731 e. The number of ether oxygens (including phenoxy) is 1. The summed E-state index contributed by atoms with van der Waals surface area (Å²) in [6.45, 7) is 8.98. The van der Waals surface area contributed by atoms with E-state index in [-0.39, 0.29) is 0 Å². The number of hydrogen-bond acceptors (Lipinski definition) is 3. The summed E-state index contributed by atoms with van der Waals surface area (Å²) in [4.78, 5) is 2.51. The molecule has 3 heteroatoms. The van der Waals surface area contributed by atoms with Gasteiger partial charge in [-0.2, -0.15) is 0 Å². The van der Waals surface area contributed by atoms with Gasteiger partial charge < -0.3 is 10.1 Å². The fourth-order valence-electron chi connectivity index (χ4n) is 2.52. The molecule has 0 amide bonds. The fraction of sp³-hybridized carbons (Fsp3) is 1.00. The van der Waals surface area contributed by atoms with Crippen molar-refractivity contribution in [3.63, 3.8) is 0 Å². The summed E-state index contributed by atoms with van der Waals surface area (Å²) in [6, 6.07) is 0. The quantitative estimate of drug-likeness (QED) is 0.707. The molecule has 1 atom stereocenters. The molecule has 0 aromatic rings. The van der Waals surface area contributed by atoms with E-state index in [1.165, 1.54) is 32.5 Å². The molecule has 0 radical (unpaired) electrons. The number of nitrogens with zero attached hydrogens (tertiary/aromatic N) is 1. The second-order valence-electron chi connectivity index (χ2n) is 4.39. The Balaban J connectivity index is 1.83. The van der Waals surface area contributed by atoms with Crippen LogP contribution in [0.15, 0.2) is 0 Å². The topological polar surface area (TPSA) is 24.5 Å². The van der Waals surface area contributed by atoms with Crippen molar-refractivity contribution in [2.24, 2.45) is 5.92 Å². The van der Waals surface area contributed by atoms with Gasteiger partial charge in [0.1, 0.15) is 0 Å². The number of nitrogens with one attached hydrogen (secondary N) is 1. The van der Waals surface area contributed by atoms with Crippen molar-refractivity contribution in [1.29, 1.82) is 0 Å². The summed E-state index contributed by atoms with van der Waals surface area (Å²) in [7, 11) is 0. The first-order chi connectivity index (χ1) is 6.90. The molecular weight excluding hydrogens is 176 g/mol. The Kier molecular flexibility index (Phi) is 3.79. The van der Waals surface area contributed by atoms with Crippen LogP contribution in [-0.4, -0.2) is 50.3 Å². The summed E-state index contributed by atoms with van der Waals surface area (Å²) in [5.41, 5.74) is 0. The van der Waals surface area contributed by atoms with Crippen LogP contribution in [0, 0.1) is 5.92 Å². The zero-order chi connectivity index (χ0) is 9.80. The van der Waals surface area contributed by atoms with Crippen LogP contribution in [0.4, 0.5) is 0 Å². The summed E-state index contributed by atoms with van der Waals surface area (Å²) < 4.78 is 5.88. The molecule has 0 aliphatic carbocycles. The highest BCUT2D eigenvalue weighted by Crippen LogP contribution is 2.21. The molecule has 3 nitrogen and oxygen atoms in total. The molecule has 1 N–H and O–H groups in total. The Labute approximate surface area is 86.8 Å². The molecule has 0 bridgehead atoms. The number of rotatable bonds is 2. The summed E-state index contributed by atoms with van der Waals surface area (Å²) in [5, 5.41) is 3.41. The van der Waals surface area contributed by atoms with Crippen molar-refractivity contribution in [2.45, 2.75) is 25.9 Å². The van der Waals surface area contributed by atoms with Crippen molar-refractivity contribution in [3.8, 4) is 0 Å². The van der Waals surface area contributed by atoms with Gasteiger partial charge >= 0.3 is 0 Å². The van der Waals surface area contributed by atoms with Crippen molar-refractivity contribution >= 4 is 0 Å². The molecule has 0 saturated carbocycles. The fourth-order valence-corrected chi connectivity index (χ4v) is 2.52. The van der Waals surface area contributed by atoms with Gasteiger partial charge in [-0.25, -0.2) is 0 Å². The first-order valence-corrected chi connectivity index (χ1v) is 5.95. The molecule has 14 heavy (non-hydrogen) atoms. The maximum Gasteiger partial charge on any atom is 0.0731 e. The molecule has 82 valence electrons. The van der Waals surface area contributed by atoms with Crippen LogP contribution in [0.25, 0.3) is 0 Å². The van der Waals surface area contributed by atoms with Crippen LogP contribution < -0.4 is 5.32 Å². The van der Waals surface area contributed by atoms with E-state index >= 15 is 0 Å². The van der Waals surface area contributed by atoms with Gasteiger partial charge in [0.2, 0.25) is 0 Å². The van der Waals surface area contributed by atoms with Crippen LogP contribution in [0.2, 0.25) is 0 Å². The van der Waals surface area contributed by atoms with E-state index in [1.807, 2.05) is 0 Å². The Morgan fingerprint density at radius 3 is 2.86 bits per heavy atom. The second kappa shape index (κ2) is 5.10. The molecule has 2 rings (SSSR count). The second-order valence-corrected chi connectivity index (χ2v) is 4.39. The number of piperidine rings is 1. The van der Waals surface area contributed by atoms with E-state index in [0.29, 0.717) is 6.10 Å². The summed E-state index contributed by atoms with van der Waals surface area (Å²) in [5.74, 6) is 0.797. The van der Waals surface area contributed by atoms with Crippen molar-refractivity contribution in [3.05, 3.63) is 0 Å². The monoisotopic (exact) mass is 198 g/mol. The summed E-state index contributed by atoms with van der Waals surface area (Å²) >= 11 is 0. The van der Waals surface area contributed by atoms with Crippen molar-refractivity contribution in [1.82, 2.24) is 10.2 Å². The minimum atomic E-state index is 0.505. The molecule has 2 aliphatic heterocycles. The Morgan fingerprint density at radius 2 is 2.14 bits per heavy atom. The average Bonchev–Trinajstić information content (AvgIpc) is 2.30. The minimum absolute atomic E-state index is 0.505. The molecular formula is C11H22N2O. The molecule has 1 unspecified atom stereocenters. The molecule has 0 aromatic heterocycles. The van der Waals surface area contributed by atoms with Gasteiger partial charge in [-0.1, -0.05) is 6.92 Å². The average molecular weight is 198 g/mol. The Bertz CT molecular complexity index is 169. The third-order valence-corrected chi connectivity index (χ3v) is 3.53. The third-order valence-electron chi connectivity index (χ3n) is 3.53. The molecule has 2 saturated heterocycles. The van der Waals surface area contributed by atoms with E-state index in [9.17, 15) is 0 Å². The van der Waals surface area contributed by atoms with E-state index in [0.717, 1.165) is 25.6 Å². The van der Waals surface area contributed by atoms with Gasteiger partial charge in [0.05, 0.1) is 12.7 Å². The maximum atomic E-state index is 5.88. The zero-order valence-electron chi connectivity index (χ0n) is 9.17. The van der Waals surface area contributed by atoms with Gasteiger partial charge in [-0.15, -0.1) is 0 Å². The molecule has 2 aliphatic rings. The maximum absolute atomic E-state index is 5.88. The number of likely N-dealkylation sites (N-methyl/N-ethyl adjacent to an activating group) is 1. The third kappa shape index (κ3) is 2.47. The van der Waals surface area contributed by atoms with Crippen LogP contribution in [0.3, 0.4) is 0 Å². The predicted octanol–water partition coefficient (Wildman–Crippen LogP) is 0.707. The predicted molar refractivity (Wildman–Crippen MR) is 57.4 cm³/mol. The molecule has 0 aromatic carbocycles. The Hall–Kier alpha value is -0.120. The van der Waals surface area contributed by atoms with Gasteiger partial charge in [0, 0.05) is 13.1 Å². The lowest BCUT2D eigenvalue weighted by atomic mass is 9.91. The highest BCUT2D eigenvalue weighted by atomic mass is 16.5. The van der Waals surface area contributed by atoms with Gasteiger partial charge in [-0.05, 0) is 38.4 Å². The van der Waals surface area contributed by atoms with Gasteiger partial charge in [0.15, 0.2) is 0 Å². The lowest BCUT2D eigenvalue weighted by Crippen LogP contribution is -2.47. The highest BCUT2D eigenvalue weighted by molar-refractivity contribution is 4.81. The lowest BCUT2D eigenvalue weighted by Gasteiger charge is -2.38. The van der Waals surface area contributed by atoms with Crippen molar-refractivity contribution in [2.75, 3.05) is 39.3 Å². The molecule has 0 spiro atoms. The minimum Gasteiger partial charge on any atom is -0.375 e. The summed E-state index contributed by atoms with van der Waals surface area (Å²) in [6.07, 6.45) is 3.09. The lowest BCUT2D eigenvalue weighted by molar-refractivity contribution is -0.0618. The van der Waals surface area contributed by atoms with E-state index < -0.39 is 0 Å². The van der Waals surface area contributed by atoms with Crippen LogP contribution in [0.5, 0.6) is 0 Å². The standard InChI is InChI=1S/C11H22N2O/c1-2-13-7-8-14-11(9-13)10-3-5-12-6-4-10/h10-12H,2-9H2,1H3. The van der Waals surface area contributed by atoms with Gasteiger partial charge in [0.25, 0.3) is 0 Å². The van der Waals surface area contributed by atoms with Crippen LogP contribution in [0.1, 0.15) is 19.8 Å². The SMILES string of the molecule is CCN1CCOC(C2CCNCC2)C1. The van der Waals surface area contributed by atoms with Crippen LogP contribution >= 0.6 is 0 Å². The first kappa shape index (κ1) is 10.4.